The number of ether oxygens (including phenoxy) is 1. The summed E-state index contributed by atoms with van der Waals surface area (Å²) in [4.78, 5) is 28.6. The number of hydrogen-bond donors (Lipinski definition) is 1. The van der Waals surface area contributed by atoms with Crippen molar-refractivity contribution in [1.82, 2.24) is 10.2 Å². The number of nitrogens with one attached hydrogen (secondary N) is 1. The molecule has 0 saturated carbocycles. The summed E-state index contributed by atoms with van der Waals surface area (Å²) < 4.78 is 75.2. The summed E-state index contributed by atoms with van der Waals surface area (Å²) in [5.41, 5.74) is -0.429. The summed E-state index contributed by atoms with van der Waals surface area (Å²) in [6.07, 6.45) is -4.77. The minimum absolute atomic E-state index is 0.0615. The molecule has 4 rings (SSSR count). The lowest BCUT2D eigenvalue weighted by Gasteiger charge is -2.34. The molecule has 0 aliphatic heterocycles. The molecule has 4 aromatic carbocycles. The van der Waals surface area contributed by atoms with Crippen molar-refractivity contribution in [2.45, 2.75) is 30.1 Å². The summed E-state index contributed by atoms with van der Waals surface area (Å²) in [5, 5.41) is 2.24. The smallest absolute Gasteiger partial charge is 0.416 e. The molecule has 242 valence electrons. The van der Waals surface area contributed by atoms with E-state index in [1.54, 1.807) is 60.7 Å². The molecular weight excluding hydrogens is 643 g/mol. The van der Waals surface area contributed by atoms with E-state index in [0.29, 0.717) is 27.2 Å². The standard InChI is InChI=1S/C33H31ClF3N3O5S/c1-38-32(42)30(19-23-10-5-3-6-11-23)39(21-24-12-9-13-26(18-24)45-2)31(41)22-40(46(43,44)27-14-7-4-8-15-27)29-20-25(33(35,36)37)16-17-28(29)34/h3-18,20,30H,19,21-22H2,1-2H3,(H,38,42)/t30-/m1/s1. The Morgan fingerprint density at radius 1 is 0.891 bits per heavy atom. The first-order valence-corrected chi connectivity index (χ1v) is 15.8. The van der Waals surface area contributed by atoms with Gasteiger partial charge in [-0.1, -0.05) is 72.3 Å². The summed E-state index contributed by atoms with van der Waals surface area (Å²) in [6.45, 7) is -1.12. The second-order valence-electron chi connectivity index (χ2n) is 10.2. The van der Waals surface area contributed by atoms with Crippen LogP contribution in [0, 0.1) is 0 Å². The first-order valence-electron chi connectivity index (χ1n) is 14.0. The third kappa shape index (κ3) is 8.18. The second kappa shape index (κ2) is 14.7. The molecule has 0 spiro atoms. The fourth-order valence-corrected chi connectivity index (χ4v) is 6.52. The van der Waals surface area contributed by atoms with Gasteiger partial charge >= 0.3 is 6.18 Å². The van der Waals surface area contributed by atoms with E-state index in [1.165, 1.54) is 43.3 Å². The number of anilines is 1. The maximum Gasteiger partial charge on any atom is 0.416 e. The Hall–Kier alpha value is -4.55. The summed E-state index contributed by atoms with van der Waals surface area (Å²) in [6, 6.07) is 23.7. The lowest BCUT2D eigenvalue weighted by molar-refractivity contribution is -0.139. The van der Waals surface area contributed by atoms with Gasteiger partial charge in [0.25, 0.3) is 10.0 Å². The Morgan fingerprint density at radius 2 is 1.52 bits per heavy atom. The van der Waals surface area contributed by atoms with Gasteiger partial charge in [-0.15, -0.1) is 0 Å². The van der Waals surface area contributed by atoms with Gasteiger partial charge in [-0.05, 0) is 53.6 Å². The van der Waals surface area contributed by atoms with Crippen molar-refractivity contribution < 1.29 is 35.9 Å². The van der Waals surface area contributed by atoms with Crippen LogP contribution >= 0.6 is 11.6 Å². The normalized spacial score (nSPS) is 12.2. The Morgan fingerprint density at radius 3 is 2.13 bits per heavy atom. The first-order chi connectivity index (χ1) is 21.8. The van der Waals surface area contributed by atoms with Gasteiger partial charge in [0.1, 0.15) is 18.3 Å². The summed E-state index contributed by atoms with van der Waals surface area (Å²) in [7, 11) is -1.77. The van der Waals surface area contributed by atoms with Gasteiger partial charge in [-0.2, -0.15) is 13.2 Å². The number of methoxy groups -OCH3 is 1. The average Bonchev–Trinajstić information content (AvgIpc) is 3.05. The molecule has 0 aliphatic rings. The van der Waals surface area contributed by atoms with Crippen LogP contribution in [0.4, 0.5) is 18.9 Å². The number of halogens is 4. The highest BCUT2D eigenvalue weighted by atomic mass is 35.5. The van der Waals surface area contributed by atoms with E-state index in [4.69, 9.17) is 16.3 Å². The largest absolute Gasteiger partial charge is 0.497 e. The summed E-state index contributed by atoms with van der Waals surface area (Å²) in [5.74, 6) is -0.913. The molecule has 13 heteroatoms. The number of benzene rings is 4. The molecule has 46 heavy (non-hydrogen) atoms. The van der Waals surface area contributed by atoms with E-state index >= 15 is 0 Å². The van der Waals surface area contributed by atoms with E-state index in [9.17, 15) is 31.2 Å². The molecule has 0 aromatic heterocycles. The van der Waals surface area contributed by atoms with Gasteiger partial charge in [0, 0.05) is 20.0 Å². The Balaban J connectivity index is 1.86. The number of likely N-dealkylation sites (N-methyl/N-ethyl adjacent to an activating group) is 1. The third-order valence-electron chi connectivity index (χ3n) is 7.16. The molecule has 1 atom stereocenters. The molecule has 0 bridgehead atoms. The number of sulfonamides is 1. The average molecular weight is 674 g/mol. The van der Waals surface area contributed by atoms with Crippen LogP contribution in [-0.2, 0) is 38.8 Å². The highest BCUT2D eigenvalue weighted by Crippen LogP contribution is 2.37. The number of amides is 2. The van der Waals surface area contributed by atoms with Crippen molar-refractivity contribution in [3.63, 3.8) is 0 Å². The predicted molar refractivity (Wildman–Crippen MR) is 169 cm³/mol. The minimum atomic E-state index is -4.83. The number of carbonyl (C=O) groups is 2. The number of alkyl halides is 3. The second-order valence-corrected chi connectivity index (χ2v) is 12.5. The molecule has 1 N–H and O–H groups in total. The fraction of sp³-hybridized carbons (Fsp3) is 0.212. The fourth-order valence-electron chi connectivity index (χ4n) is 4.80. The van der Waals surface area contributed by atoms with Crippen molar-refractivity contribution in [3.8, 4) is 5.75 Å². The zero-order valence-corrected chi connectivity index (χ0v) is 26.4. The molecule has 2 amide bonds. The van der Waals surface area contributed by atoms with E-state index in [1.807, 2.05) is 0 Å². The van der Waals surface area contributed by atoms with E-state index in [-0.39, 0.29) is 22.9 Å². The topological polar surface area (TPSA) is 96.0 Å². The van der Waals surface area contributed by atoms with Crippen LogP contribution in [0.15, 0.2) is 108 Å². The Kier molecular flexibility index (Phi) is 11.0. The SMILES string of the molecule is CNC(=O)[C@@H](Cc1ccccc1)N(Cc1cccc(OC)c1)C(=O)CN(c1cc(C(F)(F)F)ccc1Cl)S(=O)(=O)c1ccccc1. The van der Waals surface area contributed by atoms with E-state index < -0.39 is 51.9 Å². The van der Waals surface area contributed by atoms with Gasteiger partial charge in [0.15, 0.2) is 0 Å². The number of hydrogen-bond acceptors (Lipinski definition) is 5. The predicted octanol–water partition coefficient (Wildman–Crippen LogP) is 5.95. The minimum Gasteiger partial charge on any atom is -0.497 e. The Labute approximate surface area is 270 Å². The number of rotatable bonds is 12. The van der Waals surface area contributed by atoms with Crippen molar-refractivity contribution in [2.75, 3.05) is 25.0 Å². The molecule has 0 heterocycles. The molecule has 4 aromatic rings. The molecular formula is C33H31ClF3N3O5S. The van der Waals surface area contributed by atoms with Gasteiger partial charge in [0.05, 0.1) is 28.3 Å². The van der Waals surface area contributed by atoms with Crippen LogP contribution in [0.5, 0.6) is 5.75 Å². The number of carbonyl (C=O) groups excluding carboxylic acids is 2. The van der Waals surface area contributed by atoms with Crippen LogP contribution < -0.4 is 14.4 Å². The summed E-state index contributed by atoms with van der Waals surface area (Å²) >= 11 is 6.33. The van der Waals surface area contributed by atoms with E-state index in [0.717, 1.165) is 12.1 Å². The van der Waals surface area contributed by atoms with Crippen molar-refractivity contribution >= 4 is 39.1 Å². The molecule has 0 aliphatic carbocycles. The van der Waals surface area contributed by atoms with Crippen LogP contribution in [0.25, 0.3) is 0 Å². The highest BCUT2D eigenvalue weighted by molar-refractivity contribution is 7.92. The maximum absolute atomic E-state index is 14.4. The quantitative estimate of drug-likeness (QED) is 0.201. The maximum atomic E-state index is 14.4. The van der Waals surface area contributed by atoms with Crippen molar-refractivity contribution in [2.24, 2.45) is 0 Å². The lowest BCUT2D eigenvalue weighted by Crippen LogP contribution is -2.53. The zero-order valence-electron chi connectivity index (χ0n) is 24.9. The lowest BCUT2D eigenvalue weighted by atomic mass is 10.0. The zero-order chi connectivity index (χ0) is 33.5. The third-order valence-corrected chi connectivity index (χ3v) is 9.25. The highest BCUT2D eigenvalue weighted by Gasteiger charge is 2.37. The number of nitrogens with zero attached hydrogens (tertiary/aromatic N) is 2. The van der Waals surface area contributed by atoms with Gasteiger partial charge < -0.3 is 15.0 Å². The van der Waals surface area contributed by atoms with E-state index in [2.05, 4.69) is 5.32 Å². The molecule has 0 saturated heterocycles. The van der Waals surface area contributed by atoms with Gasteiger partial charge in [-0.3, -0.25) is 13.9 Å². The first kappa shape index (κ1) is 34.3. The van der Waals surface area contributed by atoms with Crippen LogP contribution in [0.1, 0.15) is 16.7 Å². The van der Waals surface area contributed by atoms with Crippen molar-refractivity contribution in [3.05, 3.63) is 125 Å². The monoisotopic (exact) mass is 673 g/mol. The van der Waals surface area contributed by atoms with Crippen LogP contribution in [0.2, 0.25) is 5.02 Å². The van der Waals surface area contributed by atoms with Crippen molar-refractivity contribution in [1.29, 1.82) is 0 Å². The van der Waals surface area contributed by atoms with Crippen LogP contribution in [0.3, 0.4) is 0 Å². The molecule has 8 nitrogen and oxygen atoms in total. The molecule has 0 unspecified atom stereocenters. The van der Waals surface area contributed by atoms with Crippen LogP contribution in [-0.4, -0.2) is 51.9 Å². The van der Waals surface area contributed by atoms with Gasteiger partial charge in [0.2, 0.25) is 11.8 Å². The molecule has 0 fully saturated rings. The Bertz CT molecular complexity index is 1770. The molecule has 0 radical (unpaired) electrons. The van der Waals surface area contributed by atoms with Gasteiger partial charge in [-0.25, -0.2) is 8.42 Å².